The Morgan fingerprint density at radius 1 is 0.875 bits per heavy atom. The van der Waals surface area contributed by atoms with Crippen LogP contribution in [-0.4, -0.2) is 43.0 Å². The van der Waals surface area contributed by atoms with Gasteiger partial charge in [0.1, 0.15) is 0 Å². The lowest BCUT2D eigenvalue weighted by Crippen LogP contribution is -2.35. The number of nitrogens with zero attached hydrogens (tertiary/aromatic N) is 2. The summed E-state index contributed by atoms with van der Waals surface area (Å²) in [5.74, 6) is -0.550. The lowest BCUT2D eigenvalue weighted by molar-refractivity contribution is 0.0341. The van der Waals surface area contributed by atoms with E-state index < -0.39 is 0 Å². The molecule has 6 heteroatoms. The number of carbonyl (C=O) groups is 2. The fraction of sp³-hybridized carbons (Fsp3) is 0.231. The highest BCUT2D eigenvalue weighted by Crippen LogP contribution is 2.37. The minimum Gasteiger partial charge on any atom is -0.379 e. The molecular weight excluding hydrogens is 468 g/mol. The minimum atomic E-state index is -0.281. The average molecular weight is 491 g/mol. The lowest BCUT2D eigenvalue weighted by Gasteiger charge is -2.27. The molecule has 0 aromatic heterocycles. The number of anilines is 1. The number of amides is 2. The zero-order chi connectivity index (χ0) is 22.2. The summed E-state index contributed by atoms with van der Waals surface area (Å²) in [4.78, 5) is 30.3. The summed E-state index contributed by atoms with van der Waals surface area (Å²) in [6.07, 6.45) is 0. The number of morpholine rings is 1. The number of hydrogen-bond donors (Lipinski definition) is 0. The topological polar surface area (TPSA) is 49.9 Å². The minimum absolute atomic E-state index is 0.269. The molecule has 0 spiro atoms. The van der Waals surface area contributed by atoms with Gasteiger partial charge in [-0.05, 0) is 47.4 Å². The van der Waals surface area contributed by atoms with Gasteiger partial charge >= 0.3 is 0 Å². The van der Waals surface area contributed by atoms with Crippen LogP contribution in [0.1, 0.15) is 31.8 Å². The molecule has 2 heterocycles. The summed E-state index contributed by atoms with van der Waals surface area (Å²) < 4.78 is 6.28. The number of halogens is 1. The molecule has 32 heavy (non-hydrogen) atoms. The Balaban J connectivity index is 1.50. The second kappa shape index (κ2) is 8.62. The van der Waals surface area contributed by atoms with E-state index in [1.54, 1.807) is 6.07 Å². The van der Waals surface area contributed by atoms with E-state index in [0.717, 1.165) is 39.8 Å². The van der Waals surface area contributed by atoms with E-state index in [-0.39, 0.29) is 11.8 Å². The van der Waals surface area contributed by atoms with Crippen LogP contribution in [0, 0.1) is 6.92 Å². The van der Waals surface area contributed by atoms with Crippen molar-refractivity contribution in [2.45, 2.75) is 13.5 Å². The molecule has 0 bridgehead atoms. The summed E-state index contributed by atoms with van der Waals surface area (Å²) in [7, 11) is 0. The van der Waals surface area contributed by atoms with E-state index in [1.807, 2.05) is 61.5 Å². The molecule has 162 valence electrons. The van der Waals surface area contributed by atoms with Gasteiger partial charge in [-0.3, -0.25) is 14.5 Å². The first kappa shape index (κ1) is 21.1. The maximum Gasteiger partial charge on any atom is 0.266 e. The molecule has 3 aromatic carbocycles. The number of imide groups is 1. The van der Waals surface area contributed by atoms with Crippen LogP contribution in [0.3, 0.4) is 0 Å². The Labute approximate surface area is 195 Å². The van der Waals surface area contributed by atoms with E-state index in [2.05, 4.69) is 20.8 Å². The highest BCUT2D eigenvalue weighted by molar-refractivity contribution is 9.10. The number of rotatable bonds is 4. The summed E-state index contributed by atoms with van der Waals surface area (Å²) in [5.41, 5.74) is 5.50. The van der Waals surface area contributed by atoms with E-state index in [4.69, 9.17) is 4.74 Å². The Kier molecular flexibility index (Phi) is 5.67. The molecule has 2 aliphatic rings. The zero-order valence-corrected chi connectivity index (χ0v) is 19.4. The molecule has 2 aliphatic heterocycles. The van der Waals surface area contributed by atoms with Gasteiger partial charge in [0.15, 0.2) is 0 Å². The fourth-order valence-electron chi connectivity index (χ4n) is 4.44. The molecule has 0 radical (unpaired) electrons. The second-order valence-corrected chi connectivity index (χ2v) is 8.99. The van der Waals surface area contributed by atoms with E-state index >= 15 is 0 Å². The predicted molar refractivity (Wildman–Crippen MR) is 128 cm³/mol. The Bertz CT molecular complexity index is 1200. The standard InChI is InChI=1S/C26H23BrN2O3/c1-17-20(18-6-3-2-4-7-18)8-5-9-24(17)29-25(30)21-14-19(16-28-10-12-32-13-11-28)23(27)15-22(21)26(29)31/h2-9,14-15H,10-13,16H2,1H3. The number of carbonyl (C=O) groups excluding carboxylic acids is 2. The number of fused-ring (bicyclic) bond motifs is 1. The van der Waals surface area contributed by atoms with Crippen molar-refractivity contribution in [3.63, 3.8) is 0 Å². The van der Waals surface area contributed by atoms with Gasteiger partial charge in [-0.1, -0.05) is 58.4 Å². The van der Waals surface area contributed by atoms with Crippen molar-refractivity contribution in [3.8, 4) is 11.1 Å². The average Bonchev–Trinajstić information content (AvgIpc) is 3.05. The van der Waals surface area contributed by atoms with Crippen molar-refractivity contribution in [2.24, 2.45) is 0 Å². The number of hydrogen-bond acceptors (Lipinski definition) is 4. The van der Waals surface area contributed by atoms with Crippen LogP contribution in [0.25, 0.3) is 11.1 Å². The van der Waals surface area contributed by atoms with Crippen molar-refractivity contribution >= 4 is 33.4 Å². The maximum absolute atomic E-state index is 13.4. The van der Waals surface area contributed by atoms with Crippen molar-refractivity contribution in [1.29, 1.82) is 0 Å². The predicted octanol–water partition coefficient (Wildman–Crippen LogP) is 5.06. The molecule has 0 atom stereocenters. The molecule has 5 rings (SSSR count). The zero-order valence-electron chi connectivity index (χ0n) is 17.8. The van der Waals surface area contributed by atoms with Gasteiger partial charge in [0, 0.05) is 24.1 Å². The molecule has 2 amide bonds. The van der Waals surface area contributed by atoms with Crippen LogP contribution in [0.2, 0.25) is 0 Å². The Hall–Kier alpha value is -2.80. The van der Waals surface area contributed by atoms with Gasteiger partial charge in [0.25, 0.3) is 11.8 Å². The van der Waals surface area contributed by atoms with Crippen molar-refractivity contribution in [1.82, 2.24) is 4.90 Å². The molecule has 0 unspecified atom stereocenters. The number of benzene rings is 3. The van der Waals surface area contributed by atoms with E-state index in [1.165, 1.54) is 4.90 Å². The monoisotopic (exact) mass is 490 g/mol. The summed E-state index contributed by atoms with van der Waals surface area (Å²) in [6.45, 7) is 5.81. The first-order valence-corrected chi connectivity index (χ1v) is 11.5. The molecule has 5 nitrogen and oxygen atoms in total. The SMILES string of the molecule is Cc1c(-c2ccccc2)cccc1N1C(=O)c2cc(Br)c(CN3CCOCC3)cc2C1=O. The molecule has 0 N–H and O–H groups in total. The lowest BCUT2D eigenvalue weighted by atomic mass is 9.99. The molecule has 1 saturated heterocycles. The van der Waals surface area contributed by atoms with E-state index in [9.17, 15) is 9.59 Å². The van der Waals surface area contributed by atoms with Crippen LogP contribution in [-0.2, 0) is 11.3 Å². The number of ether oxygens (including phenoxy) is 1. The molecule has 0 saturated carbocycles. The van der Waals surface area contributed by atoms with Crippen LogP contribution < -0.4 is 4.90 Å². The van der Waals surface area contributed by atoms with Crippen LogP contribution >= 0.6 is 15.9 Å². The maximum atomic E-state index is 13.4. The van der Waals surface area contributed by atoms with Crippen LogP contribution in [0.5, 0.6) is 0 Å². The van der Waals surface area contributed by atoms with Crippen molar-refractivity contribution in [2.75, 3.05) is 31.2 Å². The molecular formula is C26H23BrN2O3. The van der Waals surface area contributed by atoms with Crippen molar-refractivity contribution in [3.05, 3.63) is 87.4 Å². The third kappa shape index (κ3) is 3.68. The summed E-state index contributed by atoms with van der Waals surface area (Å²) >= 11 is 3.62. The molecule has 1 fully saturated rings. The van der Waals surface area contributed by atoms with Gasteiger partial charge < -0.3 is 4.74 Å². The third-order valence-electron chi connectivity index (χ3n) is 6.18. The normalized spacial score (nSPS) is 16.5. The van der Waals surface area contributed by atoms with Gasteiger partial charge in [0.2, 0.25) is 0 Å². The highest BCUT2D eigenvalue weighted by Gasteiger charge is 2.38. The smallest absolute Gasteiger partial charge is 0.266 e. The van der Waals surface area contributed by atoms with Crippen LogP contribution in [0.15, 0.2) is 65.1 Å². The van der Waals surface area contributed by atoms with Gasteiger partial charge in [-0.25, -0.2) is 4.90 Å². The second-order valence-electron chi connectivity index (χ2n) is 8.14. The van der Waals surface area contributed by atoms with Crippen molar-refractivity contribution < 1.29 is 14.3 Å². The molecule has 0 aliphatic carbocycles. The quantitative estimate of drug-likeness (QED) is 0.479. The first-order chi connectivity index (χ1) is 15.5. The van der Waals surface area contributed by atoms with Gasteiger partial charge in [0.05, 0.1) is 30.0 Å². The highest BCUT2D eigenvalue weighted by atomic mass is 79.9. The van der Waals surface area contributed by atoms with Gasteiger partial charge in [-0.15, -0.1) is 0 Å². The van der Waals surface area contributed by atoms with Crippen LogP contribution in [0.4, 0.5) is 5.69 Å². The summed E-state index contributed by atoms with van der Waals surface area (Å²) in [6, 6.07) is 19.4. The van der Waals surface area contributed by atoms with E-state index in [0.29, 0.717) is 36.6 Å². The Morgan fingerprint density at radius 3 is 2.28 bits per heavy atom. The summed E-state index contributed by atoms with van der Waals surface area (Å²) in [5, 5.41) is 0. The largest absolute Gasteiger partial charge is 0.379 e. The van der Waals surface area contributed by atoms with Gasteiger partial charge in [-0.2, -0.15) is 0 Å². The fourth-order valence-corrected chi connectivity index (χ4v) is 4.91. The molecule has 3 aromatic rings. The third-order valence-corrected chi connectivity index (χ3v) is 6.92. The Morgan fingerprint density at radius 2 is 1.56 bits per heavy atom. The first-order valence-electron chi connectivity index (χ1n) is 10.7.